The number of hydrogen-bond acceptors (Lipinski definition) is 1. The van der Waals surface area contributed by atoms with E-state index in [4.69, 9.17) is 0 Å². The highest BCUT2D eigenvalue weighted by Crippen LogP contribution is 2.20. The molecule has 1 heterocycles. The lowest BCUT2D eigenvalue weighted by Gasteiger charge is -2.03. The number of unbranched alkanes of at least 4 members (excludes halogenated alkanes) is 1. The third kappa shape index (κ3) is 3.31. The molecule has 0 radical (unpaired) electrons. The van der Waals surface area contributed by atoms with Crippen LogP contribution in [-0.4, -0.2) is 11.2 Å². The van der Waals surface area contributed by atoms with E-state index >= 15 is 0 Å². The standard InChI is InChI=1S/C15H18N2/c1-2-3-7-13-8-4-5-10-15(13)17-12-14-9-6-11-16-14/h4-6,8-12,16H,2-3,7H2,1H3. The number of hydrogen-bond donors (Lipinski definition) is 1. The van der Waals surface area contributed by atoms with Gasteiger partial charge in [-0.05, 0) is 36.6 Å². The van der Waals surface area contributed by atoms with Crippen LogP contribution in [-0.2, 0) is 6.42 Å². The van der Waals surface area contributed by atoms with Crippen molar-refractivity contribution in [3.05, 3.63) is 53.9 Å². The zero-order chi connectivity index (χ0) is 11.9. The molecule has 1 N–H and O–H groups in total. The van der Waals surface area contributed by atoms with Crippen LogP contribution in [0.4, 0.5) is 5.69 Å². The summed E-state index contributed by atoms with van der Waals surface area (Å²) in [7, 11) is 0. The van der Waals surface area contributed by atoms with Gasteiger partial charge in [-0.1, -0.05) is 31.5 Å². The summed E-state index contributed by atoms with van der Waals surface area (Å²) in [6.07, 6.45) is 7.33. The van der Waals surface area contributed by atoms with Crippen LogP contribution in [0.25, 0.3) is 0 Å². The van der Waals surface area contributed by atoms with Crippen molar-refractivity contribution < 1.29 is 0 Å². The number of rotatable bonds is 5. The van der Waals surface area contributed by atoms with Crippen molar-refractivity contribution in [3.8, 4) is 0 Å². The van der Waals surface area contributed by atoms with Gasteiger partial charge in [0.05, 0.1) is 17.6 Å². The molecule has 2 nitrogen and oxygen atoms in total. The topological polar surface area (TPSA) is 28.1 Å². The first kappa shape index (κ1) is 11.6. The Morgan fingerprint density at radius 3 is 2.82 bits per heavy atom. The largest absolute Gasteiger partial charge is 0.360 e. The molecule has 0 atom stereocenters. The molecule has 1 aromatic heterocycles. The quantitative estimate of drug-likeness (QED) is 0.743. The molecule has 0 aliphatic heterocycles. The molecular weight excluding hydrogens is 208 g/mol. The third-order valence-corrected chi connectivity index (χ3v) is 2.76. The van der Waals surface area contributed by atoms with E-state index in [0.717, 1.165) is 17.8 Å². The molecule has 1 aromatic carbocycles. The molecule has 0 bridgehead atoms. The lowest BCUT2D eigenvalue weighted by molar-refractivity contribution is 0.795. The summed E-state index contributed by atoms with van der Waals surface area (Å²) in [6, 6.07) is 12.3. The fourth-order valence-corrected chi connectivity index (χ4v) is 1.78. The maximum atomic E-state index is 4.55. The van der Waals surface area contributed by atoms with Crippen molar-refractivity contribution in [2.75, 3.05) is 0 Å². The van der Waals surface area contributed by atoms with Crippen LogP contribution in [0, 0.1) is 0 Å². The smallest absolute Gasteiger partial charge is 0.0662 e. The first-order valence-electron chi connectivity index (χ1n) is 6.15. The number of aromatic nitrogens is 1. The van der Waals surface area contributed by atoms with Crippen molar-refractivity contribution in [1.82, 2.24) is 4.98 Å². The first-order chi connectivity index (χ1) is 8.40. The summed E-state index contributed by atoms with van der Waals surface area (Å²) < 4.78 is 0. The Morgan fingerprint density at radius 2 is 2.06 bits per heavy atom. The van der Waals surface area contributed by atoms with Gasteiger partial charge in [0, 0.05) is 6.20 Å². The van der Waals surface area contributed by atoms with Crippen LogP contribution in [0.1, 0.15) is 31.0 Å². The summed E-state index contributed by atoms with van der Waals surface area (Å²) in [5, 5.41) is 0. The minimum atomic E-state index is 1.04. The molecule has 2 heteroatoms. The second-order valence-electron chi connectivity index (χ2n) is 4.12. The van der Waals surface area contributed by atoms with E-state index in [1.165, 1.54) is 18.4 Å². The number of aromatic amines is 1. The Balaban J connectivity index is 2.14. The number of aliphatic imine (C=N–C) groups is 1. The van der Waals surface area contributed by atoms with Crippen molar-refractivity contribution >= 4 is 11.9 Å². The molecular formula is C15H18N2. The molecule has 2 aromatic rings. The second kappa shape index (κ2) is 6.04. The molecule has 0 amide bonds. The van der Waals surface area contributed by atoms with Crippen molar-refractivity contribution in [2.24, 2.45) is 4.99 Å². The van der Waals surface area contributed by atoms with Crippen LogP contribution in [0.15, 0.2) is 47.6 Å². The van der Waals surface area contributed by atoms with Gasteiger partial charge in [-0.15, -0.1) is 0 Å². The molecule has 0 spiro atoms. The fraction of sp³-hybridized carbons (Fsp3) is 0.267. The van der Waals surface area contributed by atoms with E-state index in [9.17, 15) is 0 Å². The summed E-state index contributed by atoms with van der Waals surface area (Å²) in [6.45, 7) is 2.21. The van der Waals surface area contributed by atoms with Gasteiger partial charge in [0.2, 0.25) is 0 Å². The molecule has 0 saturated carbocycles. The summed E-state index contributed by atoms with van der Waals surface area (Å²) in [5.41, 5.74) is 3.45. The molecule has 0 aliphatic rings. The summed E-state index contributed by atoms with van der Waals surface area (Å²) in [5.74, 6) is 0. The zero-order valence-corrected chi connectivity index (χ0v) is 10.2. The predicted octanol–water partition coefficient (Wildman–Crippen LogP) is 4.11. The number of aryl methyl sites for hydroxylation is 1. The van der Waals surface area contributed by atoms with Gasteiger partial charge in [-0.25, -0.2) is 0 Å². The van der Waals surface area contributed by atoms with Gasteiger partial charge in [0.15, 0.2) is 0 Å². The van der Waals surface area contributed by atoms with Crippen LogP contribution in [0.2, 0.25) is 0 Å². The molecule has 0 aliphatic carbocycles. The summed E-state index contributed by atoms with van der Waals surface area (Å²) in [4.78, 5) is 7.67. The van der Waals surface area contributed by atoms with Crippen LogP contribution >= 0.6 is 0 Å². The average molecular weight is 226 g/mol. The molecule has 2 rings (SSSR count). The fourth-order valence-electron chi connectivity index (χ4n) is 1.78. The highest BCUT2D eigenvalue weighted by molar-refractivity contribution is 5.80. The molecule has 0 fully saturated rings. The van der Waals surface area contributed by atoms with E-state index in [2.05, 4.69) is 35.1 Å². The number of nitrogens with one attached hydrogen (secondary N) is 1. The van der Waals surface area contributed by atoms with Crippen molar-refractivity contribution in [3.63, 3.8) is 0 Å². The minimum absolute atomic E-state index is 1.04. The van der Waals surface area contributed by atoms with Crippen LogP contribution in [0.5, 0.6) is 0 Å². The van der Waals surface area contributed by atoms with Gasteiger partial charge in [0.25, 0.3) is 0 Å². The monoisotopic (exact) mass is 226 g/mol. The zero-order valence-electron chi connectivity index (χ0n) is 10.2. The summed E-state index contributed by atoms with van der Waals surface area (Å²) >= 11 is 0. The Labute approximate surface area is 102 Å². The van der Waals surface area contributed by atoms with E-state index in [0.29, 0.717) is 0 Å². The van der Waals surface area contributed by atoms with Crippen molar-refractivity contribution in [2.45, 2.75) is 26.2 Å². The van der Waals surface area contributed by atoms with Gasteiger partial charge >= 0.3 is 0 Å². The third-order valence-electron chi connectivity index (χ3n) is 2.76. The Hall–Kier alpha value is -1.83. The van der Waals surface area contributed by atoms with Crippen LogP contribution in [0.3, 0.4) is 0 Å². The molecule has 17 heavy (non-hydrogen) atoms. The second-order valence-corrected chi connectivity index (χ2v) is 4.12. The lowest BCUT2D eigenvalue weighted by atomic mass is 10.1. The number of nitrogens with zero attached hydrogens (tertiary/aromatic N) is 1. The molecule has 0 unspecified atom stereocenters. The Kier molecular flexibility index (Phi) is 4.14. The van der Waals surface area contributed by atoms with E-state index in [1.807, 2.05) is 30.6 Å². The Morgan fingerprint density at radius 1 is 1.18 bits per heavy atom. The SMILES string of the molecule is CCCCc1ccccc1N=Cc1ccc[nH]1. The highest BCUT2D eigenvalue weighted by atomic mass is 14.8. The van der Waals surface area contributed by atoms with Gasteiger partial charge in [0.1, 0.15) is 0 Å². The van der Waals surface area contributed by atoms with Crippen molar-refractivity contribution in [1.29, 1.82) is 0 Å². The average Bonchev–Trinajstić information content (AvgIpc) is 2.88. The van der Waals surface area contributed by atoms with Gasteiger partial charge in [-0.3, -0.25) is 4.99 Å². The van der Waals surface area contributed by atoms with Gasteiger partial charge < -0.3 is 4.98 Å². The lowest BCUT2D eigenvalue weighted by Crippen LogP contribution is -1.86. The maximum absolute atomic E-state index is 4.55. The van der Waals surface area contributed by atoms with E-state index < -0.39 is 0 Å². The molecule has 0 saturated heterocycles. The molecule has 88 valence electrons. The number of para-hydroxylation sites is 1. The van der Waals surface area contributed by atoms with Crippen LogP contribution < -0.4 is 0 Å². The number of H-pyrrole nitrogens is 1. The minimum Gasteiger partial charge on any atom is -0.360 e. The predicted molar refractivity (Wildman–Crippen MR) is 73.1 cm³/mol. The highest BCUT2D eigenvalue weighted by Gasteiger charge is 1.98. The van der Waals surface area contributed by atoms with E-state index in [1.54, 1.807) is 0 Å². The Bertz CT molecular complexity index is 469. The van der Waals surface area contributed by atoms with Gasteiger partial charge in [-0.2, -0.15) is 0 Å². The normalized spacial score (nSPS) is 11.1. The first-order valence-corrected chi connectivity index (χ1v) is 6.15. The number of benzene rings is 1. The maximum Gasteiger partial charge on any atom is 0.0662 e. The van der Waals surface area contributed by atoms with E-state index in [-0.39, 0.29) is 0 Å².